The number of benzene rings is 2. The molecule has 2 aromatic carbocycles. The molecule has 1 aliphatic heterocycles. The highest BCUT2D eigenvalue weighted by Gasteiger charge is 2.35. The summed E-state index contributed by atoms with van der Waals surface area (Å²) in [5.41, 5.74) is 1.09. The van der Waals surface area contributed by atoms with Crippen LogP contribution in [-0.4, -0.2) is 35.4 Å². The average molecular weight is 459 g/mol. The number of carbonyl (C=O) groups is 2. The molecule has 0 saturated carbocycles. The fourth-order valence-corrected chi connectivity index (χ4v) is 3.71. The number of amides is 2. The molecule has 1 N–H and O–H groups in total. The van der Waals surface area contributed by atoms with Gasteiger partial charge in [0.2, 0.25) is 11.8 Å². The summed E-state index contributed by atoms with van der Waals surface area (Å²) in [6, 6.07) is 6.45. The summed E-state index contributed by atoms with van der Waals surface area (Å²) in [5, 5.41) is 2.44. The quantitative estimate of drug-likeness (QED) is 0.634. The van der Waals surface area contributed by atoms with E-state index in [1.807, 2.05) is 0 Å². The molecule has 0 aliphatic carbocycles. The van der Waals surface area contributed by atoms with Gasteiger partial charge in [-0.3, -0.25) is 9.59 Å². The number of anilines is 2. The molecule has 2 amide bonds. The van der Waals surface area contributed by atoms with Crippen molar-refractivity contribution in [2.75, 3.05) is 23.9 Å². The maximum absolute atomic E-state index is 15.1. The van der Waals surface area contributed by atoms with Crippen molar-refractivity contribution in [2.24, 2.45) is 0 Å². The summed E-state index contributed by atoms with van der Waals surface area (Å²) in [6.07, 6.45) is 2.71. The number of rotatable bonds is 4. The first kappa shape index (κ1) is 21.6. The van der Waals surface area contributed by atoms with Gasteiger partial charge in [0, 0.05) is 35.1 Å². The van der Waals surface area contributed by atoms with E-state index in [1.165, 1.54) is 43.9 Å². The van der Waals surface area contributed by atoms with Crippen molar-refractivity contribution in [1.82, 2.24) is 9.97 Å². The summed E-state index contributed by atoms with van der Waals surface area (Å²) in [6.45, 7) is 1.17. The van der Waals surface area contributed by atoms with E-state index >= 15 is 4.39 Å². The van der Waals surface area contributed by atoms with Gasteiger partial charge in [-0.05, 0) is 25.1 Å². The number of nitrogens with zero attached hydrogens (tertiary/aromatic N) is 3. The van der Waals surface area contributed by atoms with E-state index in [0.29, 0.717) is 11.3 Å². The van der Waals surface area contributed by atoms with Gasteiger partial charge in [-0.25, -0.2) is 18.7 Å². The standard InChI is InChI=1S/C22H17ClF2N4O3/c1-11-21-14(8-26-10-27-21)20-17(25)6-13(32-2)7-18(20)29(22(11)31)9-19(30)28-12-3-4-15(23)16(24)5-12/h3-8,10-11H,9H2,1-2H3,(H,28,30)/t11-/m1/s1. The van der Waals surface area contributed by atoms with Crippen molar-refractivity contribution in [3.8, 4) is 16.9 Å². The van der Waals surface area contributed by atoms with Crippen molar-refractivity contribution in [2.45, 2.75) is 12.8 Å². The zero-order chi connectivity index (χ0) is 23.0. The van der Waals surface area contributed by atoms with Gasteiger partial charge >= 0.3 is 0 Å². The van der Waals surface area contributed by atoms with Crippen LogP contribution >= 0.6 is 11.6 Å². The minimum Gasteiger partial charge on any atom is -0.497 e. The predicted octanol–water partition coefficient (Wildman–Crippen LogP) is 4.17. The molecule has 0 unspecified atom stereocenters. The molecule has 0 radical (unpaired) electrons. The first-order valence-electron chi connectivity index (χ1n) is 9.54. The van der Waals surface area contributed by atoms with E-state index in [4.69, 9.17) is 16.3 Å². The molecule has 10 heteroatoms. The molecule has 164 valence electrons. The molecule has 0 fully saturated rings. The molecular weight excluding hydrogens is 442 g/mol. The van der Waals surface area contributed by atoms with E-state index in [0.717, 1.165) is 11.0 Å². The molecule has 2 heterocycles. The van der Waals surface area contributed by atoms with Crippen molar-refractivity contribution in [3.05, 3.63) is 65.2 Å². The smallest absolute Gasteiger partial charge is 0.244 e. The Morgan fingerprint density at radius 1 is 1.25 bits per heavy atom. The molecule has 1 aromatic heterocycles. The van der Waals surface area contributed by atoms with Gasteiger partial charge in [-0.2, -0.15) is 0 Å². The van der Waals surface area contributed by atoms with Gasteiger partial charge in [-0.1, -0.05) is 11.6 Å². The van der Waals surface area contributed by atoms with Gasteiger partial charge in [-0.15, -0.1) is 0 Å². The van der Waals surface area contributed by atoms with Gasteiger partial charge in [0.15, 0.2) is 0 Å². The Morgan fingerprint density at radius 2 is 2.03 bits per heavy atom. The normalized spacial score (nSPS) is 15.0. The van der Waals surface area contributed by atoms with Crippen LogP contribution in [-0.2, 0) is 9.59 Å². The minimum absolute atomic E-state index is 0.0874. The number of halogens is 3. The third-order valence-corrected chi connectivity index (χ3v) is 5.44. The molecular formula is C22H17ClF2N4O3. The molecule has 0 spiro atoms. The monoisotopic (exact) mass is 458 g/mol. The van der Waals surface area contributed by atoms with Crippen LogP contribution in [0.15, 0.2) is 42.9 Å². The fraction of sp³-hybridized carbons (Fsp3) is 0.182. The van der Waals surface area contributed by atoms with Crippen LogP contribution in [0.1, 0.15) is 18.5 Å². The van der Waals surface area contributed by atoms with Crippen LogP contribution in [0.5, 0.6) is 5.75 Å². The first-order valence-corrected chi connectivity index (χ1v) is 9.92. The van der Waals surface area contributed by atoms with Crippen molar-refractivity contribution in [3.63, 3.8) is 0 Å². The first-order chi connectivity index (χ1) is 15.3. The highest BCUT2D eigenvalue weighted by atomic mass is 35.5. The van der Waals surface area contributed by atoms with E-state index in [1.54, 1.807) is 6.92 Å². The molecule has 0 saturated heterocycles. The van der Waals surface area contributed by atoms with Crippen molar-refractivity contribution >= 4 is 34.8 Å². The Morgan fingerprint density at radius 3 is 2.75 bits per heavy atom. The summed E-state index contributed by atoms with van der Waals surface area (Å²) in [5.74, 6) is -3.02. The number of aromatic nitrogens is 2. The number of carbonyl (C=O) groups excluding carboxylic acids is 2. The van der Waals surface area contributed by atoms with Gasteiger partial charge in [0.25, 0.3) is 0 Å². The van der Waals surface area contributed by atoms with Gasteiger partial charge in [0.1, 0.15) is 30.3 Å². The van der Waals surface area contributed by atoms with E-state index in [-0.39, 0.29) is 27.7 Å². The number of hydrogen-bond acceptors (Lipinski definition) is 5. The highest BCUT2D eigenvalue weighted by Crippen LogP contribution is 2.43. The van der Waals surface area contributed by atoms with E-state index in [9.17, 15) is 14.0 Å². The Kier molecular flexibility index (Phi) is 5.75. The molecule has 7 nitrogen and oxygen atoms in total. The third-order valence-electron chi connectivity index (χ3n) is 5.13. The average Bonchev–Trinajstić information content (AvgIpc) is 2.86. The number of hydrogen-bond donors (Lipinski definition) is 1. The van der Waals surface area contributed by atoms with E-state index in [2.05, 4.69) is 15.3 Å². The molecule has 3 aromatic rings. The number of nitrogens with one attached hydrogen (secondary N) is 1. The fourth-order valence-electron chi connectivity index (χ4n) is 3.59. The lowest BCUT2D eigenvalue weighted by molar-refractivity contribution is -0.122. The van der Waals surface area contributed by atoms with Crippen LogP contribution in [0.4, 0.5) is 20.2 Å². The Bertz CT molecular complexity index is 1240. The third kappa shape index (κ3) is 3.87. The predicted molar refractivity (Wildman–Crippen MR) is 115 cm³/mol. The topological polar surface area (TPSA) is 84.4 Å². The zero-order valence-corrected chi connectivity index (χ0v) is 17.8. The SMILES string of the molecule is COc1cc(F)c2c(c1)N(CC(=O)Nc1ccc(Cl)c(F)c1)C(=O)[C@H](C)c1ncncc1-2. The highest BCUT2D eigenvalue weighted by molar-refractivity contribution is 6.30. The van der Waals surface area contributed by atoms with Crippen LogP contribution in [0.25, 0.3) is 11.1 Å². The van der Waals surface area contributed by atoms with Crippen LogP contribution in [0.2, 0.25) is 5.02 Å². The number of ether oxygens (including phenoxy) is 1. The second-order valence-corrected chi connectivity index (χ2v) is 7.56. The largest absolute Gasteiger partial charge is 0.497 e. The molecule has 4 rings (SSSR count). The number of fused-ring (bicyclic) bond motifs is 3. The summed E-state index contributed by atoms with van der Waals surface area (Å²) in [4.78, 5) is 35.4. The molecule has 32 heavy (non-hydrogen) atoms. The summed E-state index contributed by atoms with van der Waals surface area (Å²) >= 11 is 5.67. The Hall–Kier alpha value is -3.59. The Balaban J connectivity index is 1.77. The number of methoxy groups -OCH3 is 1. The summed E-state index contributed by atoms with van der Waals surface area (Å²) in [7, 11) is 1.37. The Labute approximate surface area is 187 Å². The van der Waals surface area contributed by atoms with Gasteiger partial charge < -0.3 is 15.0 Å². The van der Waals surface area contributed by atoms with Gasteiger partial charge in [0.05, 0.1) is 29.4 Å². The van der Waals surface area contributed by atoms with Crippen LogP contribution in [0.3, 0.4) is 0 Å². The van der Waals surface area contributed by atoms with Crippen molar-refractivity contribution in [1.29, 1.82) is 0 Å². The van der Waals surface area contributed by atoms with E-state index < -0.39 is 35.9 Å². The minimum atomic E-state index is -0.772. The maximum atomic E-state index is 15.1. The second-order valence-electron chi connectivity index (χ2n) is 7.15. The molecule has 0 bridgehead atoms. The zero-order valence-electron chi connectivity index (χ0n) is 17.0. The lowest BCUT2D eigenvalue weighted by Gasteiger charge is -2.25. The van der Waals surface area contributed by atoms with Crippen molar-refractivity contribution < 1.29 is 23.1 Å². The molecule has 1 atom stereocenters. The lowest BCUT2D eigenvalue weighted by atomic mass is 9.98. The maximum Gasteiger partial charge on any atom is 0.244 e. The lowest BCUT2D eigenvalue weighted by Crippen LogP contribution is -2.40. The van der Waals surface area contributed by atoms with Crippen LogP contribution < -0.4 is 15.0 Å². The molecule has 1 aliphatic rings. The second kappa shape index (κ2) is 8.51. The summed E-state index contributed by atoms with van der Waals surface area (Å²) < 4.78 is 34.0. The van der Waals surface area contributed by atoms with Crippen LogP contribution in [0, 0.1) is 11.6 Å².